The number of nitrogens with two attached hydrogens (primary N) is 1. The summed E-state index contributed by atoms with van der Waals surface area (Å²) in [4.78, 5) is 9.00. The molecule has 0 unspecified atom stereocenters. The number of fused-ring (bicyclic) bond motifs is 1. The Bertz CT molecular complexity index is 1290. The van der Waals surface area contributed by atoms with E-state index in [1.54, 1.807) is 6.33 Å². The normalized spacial score (nSPS) is 21.0. The second-order valence-corrected chi connectivity index (χ2v) is 10.3. The van der Waals surface area contributed by atoms with E-state index >= 15 is 0 Å². The van der Waals surface area contributed by atoms with Crippen molar-refractivity contribution in [1.29, 1.82) is 0 Å². The smallest absolute Gasteiger partial charge is 0.146 e. The number of aromatic nitrogens is 3. The van der Waals surface area contributed by atoms with E-state index in [1.807, 2.05) is 42.5 Å². The molecule has 2 fully saturated rings. The molecule has 1 aliphatic carbocycles. The molecule has 4 aromatic rings. The van der Waals surface area contributed by atoms with Gasteiger partial charge < -0.3 is 19.8 Å². The number of benzene rings is 2. The van der Waals surface area contributed by atoms with Crippen LogP contribution in [0.15, 0.2) is 67.1 Å². The van der Waals surface area contributed by atoms with Crippen LogP contribution in [0.5, 0.6) is 11.5 Å². The lowest BCUT2D eigenvalue weighted by Gasteiger charge is -2.33. The fourth-order valence-corrected chi connectivity index (χ4v) is 6.04. The number of para-hydroxylation sites is 1. The zero-order chi connectivity index (χ0) is 24.3. The standard InChI is InChI=1S/C30H34N4O2/c31-29-28-27(23-8-12-26(13-9-23)36-25-4-2-1-3-5-25)19-34(30(28)33-20-32-29)24-10-6-21(7-11-24)18-22-14-16-35-17-15-22/h1-5,8-9,12-13,19-22,24H,6-7,10-11,14-18H2,(H2,31,32,33). The Labute approximate surface area is 212 Å². The molecule has 36 heavy (non-hydrogen) atoms. The molecule has 3 heterocycles. The molecular formula is C30H34N4O2. The fraction of sp³-hybridized carbons (Fsp3) is 0.400. The highest BCUT2D eigenvalue weighted by atomic mass is 16.5. The Morgan fingerprint density at radius 1 is 0.833 bits per heavy atom. The van der Waals surface area contributed by atoms with Crippen LogP contribution in [0.2, 0.25) is 0 Å². The summed E-state index contributed by atoms with van der Waals surface area (Å²) < 4.78 is 13.9. The summed E-state index contributed by atoms with van der Waals surface area (Å²) >= 11 is 0. The number of ether oxygens (including phenoxy) is 2. The maximum absolute atomic E-state index is 6.40. The van der Waals surface area contributed by atoms with E-state index in [0.717, 1.165) is 58.7 Å². The van der Waals surface area contributed by atoms with Crippen molar-refractivity contribution in [3.63, 3.8) is 0 Å². The molecule has 1 saturated heterocycles. The van der Waals surface area contributed by atoms with Crippen LogP contribution in [0, 0.1) is 11.8 Å². The second kappa shape index (κ2) is 10.3. The van der Waals surface area contributed by atoms with Gasteiger partial charge in [-0.15, -0.1) is 0 Å². The van der Waals surface area contributed by atoms with Crippen LogP contribution in [0.4, 0.5) is 5.82 Å². The van der Waals surface area contributed by atoms with Gasteiger partial charge in [0.25, 0.3) is 0 Å². The monoisotopic (exact) mass is 482 g/mol. The number of nitrogen functional groups attached to an aromatic ring is 1. The summed E-state index contributed by atoms with van der Waals surface area (Å²) in [5.41, 5.74) is 9.51. The largest absolute Gasteiger partial charge is 0.457 e. The minimum atomic E-state index is 0.446. The molecule has 2 aromatic heterocycles. The number of anilines is 1. The zero-order valence-electron chi connectivity index (χ0n) is 20.7. The van der Waals surface area contributed by atoms with Crippen LogP contribution >= 0.6 is 0 Å². The highest BCUT2D eigenvalue weighted by Gasteiger charge is 2.27. The SMILES string of the molecule is Nc1ncnc2c1c(-c1ccc(Oc3ccccc3)cc1)cn2C1CCC(CC2CCOCC2)CC1. The van der Waals surface area contributed by atoms with Crippen LogP contribution in [0.1, 0.15) is 51.0 Å². The van der Waals surface area contributed by atoms with Crippen LogP contribution in [0.25, 0.3) is 22.2 Å². The van der Waals surface area contributed by atoms with Gasteiger partial charge in [0.2, 0.25) is 0 Å². The Balaban J connectivity index is 1.22. The van der Waals surface area contributed by atoms with Crippen molar-refractivity contribution in [3.05, 3.63) is 67.1 Å². The van der Waals surface area contributed by atoms with E-state index in [0.29, 0.717) is 11.9 Å². The summed E-state index contributed by atoms with van der Waals surface area (Å²) in [6, 6.07) is 18.5. The molecule has 186 valence electrons. The van der Waals surface area contributed by atoms with Crippen molar-refractivity contribution in [2.45, 2.75) is 51.0 Å². The van der Waals surface area contributed by atoms with Gasteiger partial charge in [-0.25, -0.2) is 9.97 Å². The topological polar surface area (TPSA) is 75.2 Å². The summed E-state index contributed by atoms with van der Waals surface area (Å²) in [6.07, 6.45) is 12.6. The number of nitrogens with zero attached hydrogens (tertiary/aromatic N) is 3. The predicted molar refractivity (Wildman–Crippen MR) is 143 cm³/mol. The molecule has 6 heteroatoms. The lowest BCUT2D eigenvalue weighted by molar-refractivity contribution is 0.0551. The molecule has 1 aliphatic heterocycles. The Hall–Kier alpha value is -3.38. The average molecular weight is 483 g/mol. The van der Waals surface area contributed by atoms with E-state index < -0.39 is 0 Å². The Morgan fingerprint density at radius 2 is 1.53 bits per heavy atom. The third kappa shape index (κ3) is 4.82. The van der Waals surface area contributed by atoms with Crippen molar-refractivity contribution in [2.24, 2.45) is 11.8 Å². The van der Waals surface area contributed by atoms with E-state index in [-0.39, 0.29) is 0 Å². The van der Waals surface area contributed by atoms with Crippen LogP contribution in [-0.2, 0) is 4.74 Å². The molecule has 0 amide bonds. The van der Waals surface area contributed by atoms with Crippen molar-refractivity contribution >= 4 is 16.9 Å². The van der Waals surface area contributed by atoms with Gasteiger partial charge in [0, 0.05) is 31.0 Å². The van der Waals surface area contributed by atoms with Crippen molar-refractivity contribution in [1.82, 2.24) is 14.5 Å². The van der Waals surface area contributed by atoms with Gasteiger partial charge in [0.05, 0.1) is 5.39 Å². The van der Waals surface area contributed by atoms with Crippen molar-refractivity contribution < 1.29 is 9.47 Å². The van der Waals surface area contributed by atoms with Gasteiger partial charge in [0.15, 0.2) is 0 Å². The average Bonchev–Trinajstić information content (AvgIpc) is 3.32. The predicted octanol–water partition coefficient (Wildman–Crippen LogP) is 7.02. The van der Waals surface area contributed by atoms with Crippen LogP contribution in [-0.4, -0.2) is 27.7 Å². The number of hydrogen-bond acceptors (Lipinski definition) is 5. The first-order chi connectivity index (χ1) is 17.7. The number of rotatable bonds is 6. The molecule has 0 spiro atoms. The molecule has 2 N–H and O–H groups in total. The van der Waals surface area contributed by atoms with Gasteiger partial charge in [0.1, 0.15) is 29.3 Å². The second-order valence-electron chi connectivity index (χ2n) is 10.3. The van der Waals surface area contributed by atoms with Gasteiger partial charge in [-0.1, -0.05) is 30.3 Å². The molecule has 2 aliphatic rings. The highest BCUT2D eigenvalue weighted by Crippen LogP contribution is 2.41. The molecule has 0 radical (unpaired) electrons. The van der Waals surface area contributed by atoms with Gasteiger partial charge in [-0.2, -0.15) is 0 Å². The van der Waals surface area contributed by atoms with E-state index in [4.69, 9.17) is 15.2 Å². The molecular weight excluding hydrogens is 448 g/mol. The Kier molecular flexibility index (Phi) is 6.60. The molecule has 6 nitrogen and oxygen atoms in total. The third-order valence-electron chi connectivity index (χ3n) is 8.00. The fourth-order valence-electron chi connectivity index (χ4n) is 6.04. The van der Waals surface area contributed by atoms with Gasteiger partial charge in [-0.05, 0) is 86.6 Å². The van der Waals surface area contributed by atoms with Crippen molar-refractivity contribution in [3.8, 4) is 22.6 Å². The molecule has 0 bridgehead atoms. The van der Waals surface area contributed by atoms with Crippen LogP contribution in [0.3, 0.4) is 0 Å². The third-order valence-corrected chi connectivity index (χ3v) is 8.00. The first-order valence-corrected chi connectivity index (χ1v) is 13.3. The van der Waals surface area contributed by atoms with E-state index in [2.05, 4.69) is 32.9 Å². The highest BCUT2D eigenvalue weighted by molar-refractivity contribution is 6.00. The van der Waals surface area contributed by atoms with Crippen molar-refractivity contribution in [2.75, 3.05) is 18.9 Å². The molecule has 1 saturated carbocycles. The zero-order valence-corrected chi connectivity index (χ0v) is 20.7. The van der Waals surface area contributed by atoms with E-state index in [1.165, 1.54) is 44.9 Å². The summed E-state index contributed by atoms with van der Waals surface area (Å²) in [5, 5.41) is 0.943. The summed E-state index contributed by atoms with van der Waals surface area (Å²) in [5.74, 6) is 3.85. The summed E-state index contributed by atoms with van der Waals surface area (Å²) in [7, 11) is 0. The van der Waals surface area contributed by atoms with Gasteiger partial charge in [-0.3, -0.25) is 0 Å². The lowest BCUT2D eigenvalue weighted by Crippen LogP contribution is -2.23. The quantitative estimate of drug-likeness (QED) is 0.320. The van der Waals surface area contributed by atoms with Gasteiger partial charge >= 0.3 is 0 Å². The lowest BCUT2D eigenvalue weighted by atomic mass is 9.79. The first kappa shape index (κ1) is 23.0. The van der Waals surface area contributed by atoms with Crippen LogP contribution < -0.4 is 10.5 Å². The number of hydrogen-bond donors (Lipinski definition) is 1. The minimum Gasteiger partial charge on any atom is -0.457 e. The molecule has 2 aromatic carbocycles. The maximum atomic E-state index is 6.40. The minimum absolute atomic E-state index is 0.446. The van der Waals surface area contributed by atoms with E-state index in [9.17, 15) is 0 Å². The summed E-state index contributed by atoms with van der Waals surface area (Å²) in [6.45, 7) is 1.89. The molecule has 0 atom stereocenters. The molecule has 6 rings (SSSR count). The maximum Gasteiger partial charge on any atom is 0.146 e. The first-order valence-electron chi connectivity index (χ1n) is 13.3. The Morgan fingerprint density at radius 3 is 2.28 bits per heavy atom.